The maximum Gasteiger partial charge on any atom is 0.252 e. The van der Waals surface area contributed by atoms with Crippen LogP contribution in [0.25, 0.3) is 0 Å². The third kappa shape index (κ3) is 4.88. The Hall–Kier alpha value is -5.29. The van der Waals surface area contributed by atoms with Crippen molar-refractivity contribution >= 4 is 68.6 Å². The van der Waals surface area contributed by atoms with Gasteiger partial charge in [0.15, 0.2) is 0 Å². The molecule has 0 spiro atoms. The van der Waals surface area contributed by atoms with E-state index in [1.165, 1.54) is 50.3 Å². The molecule has 5 heteroatoms. The molecule has 3 heterocycles. The van der Waals surface area contributed by atoms with E-state index in [0.717, 1.165) is 47.6 Å². The molecule has 0 bridgehead atoms. The molecule has 1 fully saturated rings. The summed E-state index contributed by atoms with van der Waals surface area (Å²) in [6.45, 7) is 18.7. The van der Waals surface area contributed by atoms with Crippen molar-refractivity contribution in [1.82, 2.24) is 0 Å². The zero-order valence-electron chi connectivity index (χ0n) is 34.0. The molecule has 2 atom stereocenters. The highest BCUT2D eigenvalue weighted by Gasteiger charge is 2.60. The number of nitrogens with zero attached hydrogens (tertiary/aromatic N) is 3. The van der Waals surface area contributed by atoms with E-state index in [2.05, 4.69) is 179 Å². The topological polar surface area (TPSA) is 9.72 Å². The van der Waals surface area contributed by atoms with Crippen molar-refractivity contribution in [3.63, 3.8) is 0 Å². The summed E-state index contributed by atoms with van der Waals surface area (Å²) in [6, 6.07) is 46.7. The van der Waals surface area contributed by atoms with Gasteiger partial charge in [-0.3, -0.25) is 0 Å². The number of hydrogen-bond donors (Lipinski definition) is 0. The van der Waals surface area contributed by atoms with Crippen LogP contribution in [0.1, 0.15) is 91.3 Å². The summed E-state index contributed by atoms with van der Waals surface area (Å²) >= 11 is 0. The lowest BCUT2D eigenvalue weighted by molar-refractivity contribution is 0.330. The van der Waals surface area contributed by atoms with Crippen LogP contribution in [0.5, 0.6) is 0 Å². The number of halogens is 1. The summed E-state index contributed by atoms with van der Waals surface area (Å²) in [5, 5.41) is 0. The highest BCUT2D eigenvalue weighted by molar-refractivity contribution is 7.00. The fourth-order valence-electron chi connectivity index (χ4n) is 10.7. The van der Waals surface area contributed by atoms with Gasteiger partial charge in [-0.2, -0.15) is 0 Å². The zero-order chi connectivity index (χ0) is 38.9. The molecule has 10 rings (SSSR count). The Labute approximate surface area is 332 Å². The van der Waals surface area contributed by atoms with Crippen LogP contribution < -0.4 is 31.1 Å². The Morgan fingerprint density at radius 3 is 1.91 bits per heavy atom. The first-order valence-electron chi connectivity index (χ1n) is 20.5. The third-order valence-corrected chi connectivity index (χ3v) is 13.9. The van der Waals surface area contributed by atoms with Crippen LogP contribution in [0.15, 0.2) is 127 Å². The molecule has 3 aliphatic heterocycles. The minimum atomic E-state index is -0.226. The van der Waals surface area contributed by atoms with Gasteiger partial charge in [0, 0.05) is 50.9 Å². The molecule has 280 valence electrons. The minimum absolute atomic E-state index is 0.0230. The van der Waals surface area contributed by atoms with Crippen LogP contribution in [-0.2, 0) is 16.2 Å². The first-order chi connectivity index (χ1) is 26.7. The van der Waals surface area contributed by atoms with Gasteiger partial charge in [-0.1, -0.05) is 116 Å². The van der Waals surface area contributed by atoms with Crippen LogP contribution >= 0.6 is 0 Å². The molecule has 3 nitrogen and oxygen atoms in total. The van der Waals surface area contributed by atoms with Crippen LogP contribution in [-0.4, -0.2) is 12.3 Å². The van der Waals surface area contributed by atoms with Crippen molar-refractivity contribution in [2.45, 2.75) is 96.4 Å². The second-order valence-electron chi connectivity index (χ2n) is 19.2. The standard InChI is InChI=1S/C51H51BFN3/c1-48(2,3)33-16-14-19-37(28-33)55-44-29-34(49(4,5)6)22-24-41(44)52-40-20-12-13-21-43(40)54(36-17-10-9-11-18-36)45-31-38(32-46(55)47(45)52)56-42-25-23-35(53)30-39(42)50(7)26-15-27-51(50,56)8/h9-14,16-25,28-32H,15,26-27H2,1-8H3. The molecule has 0 radical (unpaired) electrons. The monoisotopic (exact) mass is 735 g/mol. The van der Waals surface area contributed by atoms with Crippen LogP contribution in [0.4, 0.5) is 49.9 Å². The Kier molecular flexibility index (Phi) is 7.45. The van der Waals surface area contributed by atoms with Crippen molar-refractivity contribution in [3.05, 3.63) is 150 Å². The highest BCUT2D eigenvalue weighted by atomic mass is 19.1. The van der Waals surface area contributed by atoms with E-state index >= 15 is 4.39 Å². The maximum absolute atomic E-state index is 15.2. The Morgan fingerprint density at radius 2 is 1.18 bits per heavy atom. The van der Waals surface area contributed by atoms with Gasteiger partial charge in [-0.25, -0.2) is 4.39 Å². The molecule has 0 saturated heterocycles. The van der Waals surface area contributed by atoms with Gasteiger partial charge in [0.25, 0.3) is 6.71 Å². The lowest BCUT2D eigenvalue weighted by Gasteiger charge is -2.47. The molecule has 0 amide bonds. The second kappa shape index (κ2) is 11.9. The summed E-state index contributed by atoms with van der Waals surface area (Å²) in [5.74, 6) is -0.160. The normalized spacial score (nSPS) is 20.7. The quantitative estimate of drug-likeness (QED) is 0.167. The lowest BCUT2D eigenvalue weighted by atomic mass is 9.33. The first kappa shape index (κ1) is 35.2. The second-order valence-corrected chi connectivity index (χ2v) is 19.2. The van der Waals surface area contributed by atoms with E-state index in [9.17, 15) is 0 Å². The average molecular weight is 736 g/mol. The fourth-order valence-corrected chi connectivity index (χ4v) is 10.7. The molecular weight excluding hydrogens is 684 g/mol. The number of hydrogen-bond acceptors (Lipinski definition) is 3. The predicted octanol–water partition coefficient (Wildman–Crippen LogP) is 11.9. The maximum atomic E-state index is 15.2. The Bertz CT molecular complexity index is 2570. The molecule has 6 aromatic rings. The SMILES string of the molecule is CC(C)(C)c1cccc(N2c3cc(C(C)(C)C)ccc3B3c4ccccc4N(c4ccccc4)c4cc(N5c6ccc(F)cc6C6(C)CCCC56C)cc2c43)c1. The van der Waals surface area contributed by atoms with Gasteiger partial charge in [0.1, 0.15) is 5.82 Å². The van der Waals surface area contributed by atoms with Gasteiger partial charge in [0.2, 0.25) is 0 Å². The molecule has 0 N–H and O–H groups in total. The summed E-state index contributed by atoms with van der Waals surface area (Å²) in [5.41, 5.74) is 16.6. The molecule has 0 aromatic heterocycles. The molecule has 6 aromatic carbocycles. The zero-order valence-corrected chi connectivity index (χ0v) is 34.0. The van der Waals surface area contributed by atoms with E-state index in [-0.39, 0.29) is 34.3 Å². The van der Waals surface area contributed by atoms with Crippen molar-refractivity contribution < 1.29 is 4.39 Å². The van der Waals surface area contributed by atoms with Gasteiger partial charge in [-0.15, -0.1) is 0 Å². The largest absolute Gasteiger partial charge is 0.334 e. The number of para-hydroxylation sites is 2. The fraction of sp³-hybridized carbons (Fsp3) is 0.294. The summed E-state index contributed by atoms with van der Waals surface area (Å²) in [7, 11) is 0. The van der Waals surface area contributed by atoms with Gasteiger partial charge < -0.3 is 14.7 Å². The van der Waals surface area contributed by atoms with Crippen LogP contribution in [0, 0.1) is 5.82 Å². The minimum Gasteiger partial charge on any atom is -0.334 e. The lowest BCUT2D eigenvalue weighted by Crippen LogP contribution is -2.61. The smallest absolute Gasteiger partial charge is 0.252 e. The summed E-state index contributed by atoms with van der Waals surface area (Å²) in [6.07, 6.45) is 3.18. The van der Waals surface area contributed by atoms with Gasteiger partial charge in [-0.05, 0) is 130 Å². The first-order valence-corrected chi connectivity index (χ1v) is 20.5. The van der Waals surface area contributed by atoms with Crippen molar-refractivity contribution in [3.8, 4) is 0 Å². The highest BCUT2D eigenvalue weighted by Crippen LogP contribution is 2.63. The van der Waals surface area contributed by atoms with Crippen molar-refractivity contribution in [2.75, 3.05) is 14.7 Å². The van der Waals surface area contributed by atoms with Crippen molar-refractivity contribution in [2.24, 2.45) is 0 Å². The predicted molar refractivity (Wildman–Crippen MR) is 236 cm³/mol. The Balaban J connectivity index is 1.34. The van der Waals surface area contributed by atoms with Gasteiger partial charge in [0.05, 0.1) is 5.54 Å². The molecule has 2 unspecified atom stereocenters. The number of benzene rings is 6. The molecular formula is C51H51BFN3. The van der Waals surface area contributed by atoms with E-state index in [1.807, 2.05) is 12.1 Å². The number of anilines is 8. The van der Waals surface area contributed by atoms with E-state index in [4.69, 9.17) is 0 Å². The average Bonchev–Trinajstić information content (AvgIpc) is 3.57. The number of rotatable bonds is 3. The number of fused-ring (bicyclic) bond motifs is 7. The van der Waals surface area contributed by atoms with Gasteiger partial charge >= 0.3 is 0 Å². The summed E-state index contributed by atoms with van der Waals surface area (Å²) < 4.78 is 15.2. The van der Waals surface area contributed by atoms with E-state index < -0.39 is 0 Å². The van der Waals surface area contributed by atoms with Crippen molar-refractivity contribution in [1.29, 1.82) is 0 Å². The van der Waals surface area contributed by atoms with E-state index in [1.54, 1.807) is 6.07 Å². The molecule has 56 heavy (non-hydrogen) atoms. The summed E-state index contributed by atoms with van der Waals surface area (Å²) in [4.78, 5) is 7.65. The van der Waals surface area contributed by atoms with Crippen LogP contribution in [0.3, 0.4) is 0 Å². The van der Waals surface area contributed by atoms with E-state index in [0.29, 0.717) is 0 Å². The van der Waals surface area contributed by atoms with Crippen LogP contribution in [0.2, 0.25) is 0 Å². The third-order valence-electron chi connectivity index (χ3n) is 13.9. The Morgan fingerprint density at radius 1 is 0.536 bits per heavy atom. The molecule has 1 aliphatic carbocycles. The molecule has 4 aliphatic rings. The molecule has 1 saturated carbocycles.